The zero-order valence-electron chi connectivity index (χ0n) is 17.5. The summed E-state index contributed by atoms with van der Waals surface area (Å²) in [6.45, 7) is 4.03. The molecule has 0 bridgehead atoms. The van der Waals surface area contributed by atoms with Gasteiger partial charge in [-0.2, -0.15) is 0 Å². The number of aryl methyl sites for hydroxylation is 1. The van der Waals surface area contributed by atoms with Gasteiger partial charge >= 0.3 is 0 Å². The summed E-state index contributed by atoms with van der Waals surface area (Å²) in [6.07, 6.45) is 1.72. The largest absolute Gasteiger partial charge is 0.489 e. The number of nitrogens with zero attached hydrogens (tertiary/aromatic N) is 1. The molecule has 0 aliphatic heterocycles. The minimum Gasteiger partial charge on any atom is -0.489 e. The minimum atomic E-state index is -0.281. The Hall–Kier alpha value is -3.44. The number of pyridine rings is 1. The first kappa shape index (κ1) is 20.8. The summed E-state index contributed by atoms with van der Waals surface area (Å²) >= 11 is 0. The van der Waals surface area contributed by atoms with Crippen LogP contribution in [0.2, 0.25) is 0 Å². The smallest absolute Gasteiger partial charge is 0.141 e. The second-order valence-electron chi connectivity index (χ2n) is 7.59. The number of rotatable bonds is 7. The summed E-state index contributed by atoms with van der Waals surface area (Å²) in [5, 5.41) is 10.5. The Morgan fingerprint density at radius 1 is 1.00 bits per heavy atom. The maximum Gasteiger partial charge on any atom is 0.141 e. The molecule has 0 aliphatic carbocycles. The summed E-state index contributed by atoms with van der Waals surface area (Å²) < 4.78 is 25.8. The van der Waals surface area contributed by atoms with Crippen molar-refractivity contribution in [3.8, 4) is 17.2 Å². The molecule has 4 aromatic rings. The number of ether oxygens (including phenoxy) is 2. The fraction of sp³-hybridized carbons (Fsp3) is 0.192. The molecule has 0 aliphatic rings. The van der Waals surface area contributed by atoms with Gasteiger partial charge in [0.1, 0.15) is 29.7 Å². The molecule has 3 aromatic carbocycles. The van der Waals surface area contributed by atoms with Gasteiger partial charge in [-0.05, 0) is 48.4 Å². The van der Waals surface area contributed by atoms with Crippen LogP contribution in [0.5, 0.6) is 17.2 Å². The predicted octanol–water partition coefficient (Wildman–Crippen LogP) is 6.15. The van der Waals surface area contributed by atoms with Crippen LogP contribution >= 0.6 is 0 Å². The molecule has 1 heterocycles. The van der Waals surface area contributed by atoms with Gasteiger partial charge in [0.05, 0.1) is 5.52 Å². The molecule has 1 aromatic heterocycles. The fourth-order valence-electron chi connectivity index (χ4n) is 3.36. The Bertz CT molecular complexity index is 1190. The van der Waals surface area contributed by atoms with Gasteiger partial charge in [-0.3, -0.25) is 4.98 Å². The SMILES string of the molecule is Cc1cc(Oc2c([C@H](C)CO)cnc3cc(OCc4ccccc4)ccc23)ccc1F. The summed E-state index contributed by atoms with van der Waals surface area (Å²) in [7, 11) is 0. The molecule has 5 heteroatoms. The monoisotopic (exact) mass is 417 g/mol. The number of aliphatic hydroxyl groups is 1. The molecule has 0 amide bonds. The van der Waals surface area contributed by atoms with Crippen molar-refractivity contribution in [3.05, 3.63) is 95.4 Å². The van der Waals surface area contributed by atoms with E-state index in [1.165, 1.54) is 6.07 Å². The molecule has 0 unspecified atom stereocenters. The molecular weight excluding hydrogens is 393 g/mol. The molecule has 0 saturated carbocycles. The molecule has 4 rings (SSSR count). The van der Waals surface area contributed by atoms with Gasteiger partial charge in [-0.15, -0.1) is 0 Å². The second-order valence-corrected chi connectivity index (χ2v) is 7.59. The van der Waals surface area contributed by atoms with Crippen molar-refractivity contribution in [2.45, 2.75) is 26.4 Å². The lowest BCUT2D eigenvalue weighted by Gasteiger charge is -2.18. The normalized spacial score (nSPS) is 12.0. The molecule has 0 fully saturated rings. The van der Waals surface area contributed by atoms with E-state index in [4.69, 9.17) is 9.47 Å². The van der Waals surface area contributed by atoms with Gasteiger partial charge < -0.3 is 14.6 Å². The van der Waals surface area contributed by atoms with Crippen LogP contribution < -0.4 is 9.47 Å². The highest BCUT2D eigenvalue weighted by atomic mass is 19.1. The molecule has 31 heavy (non-hydrogen) atoms. The first-order chi connectivity index (χ1) is 15.0. The van der Waals surface area contributed by atoms with Gasteiger partial charge in [-0.25, -0.2) is 4.39 Å². The highest BCUT2D eigenvalue weighted by molar-refractivity contribution is 5.87. The predicted molar refractivity (Wildman–Crippen MR) is 119 cm³/mol. The molecule has 0 radical (unpaired) electrons. The van der Waals surface area contributed by atoms with Gasteiger partial charge in [0, 0.05) is 35.7 Å². The van der Waals surface area contributed by atoms with Gasteiger partial charge in [0.15, 0.2) is 0 Å². The number of benzene rings is 3. The quantitative estimate of drug-likeness (QED) is 0.392. The van der Waals surface area contributed by atoms with Crippen LogP contribution in [0.15, 0.2) is 72.9 Å². The Morgan fingerprint density at radius 2 is 1.77 bits per heavy atom. The van der Waals surface area contributed by atoms with Crippen LogP contribution in [0.1, 0.15) is 29.5 Å². The van der Waals surface area contributed by atoms with Crippen molar-refractivity contribution in [2.75, 3.05) is 6.61 Å². The third kappa shape index (κ3) is 4.67. The van der Waals surface area contributed by atoms with Crippen molar-refractivity contribution in [1.29, 1.82) is 0 Å². The van der Waals surface area contributed by atoms with Gasteiger partial charge in [0.2, 0.25) is 0 Å². The van der Waals surface area contributed by atoms with E-state index in [9.17, 15) is 9.50 Å². The van der Waals surface area contributed by atoms with Crippen molar-refractivity contribution < 1.29 is 19.0 Å². The van der Waals surface area contributed by atoms with Crippen molar-refractivity contribution in [3.63, 3.8) is 0 Å². The number of aromatic nitrogens is 1. The summed E-state index contributed by atoms with van der Waals surface area (Å²) in [5.41, 5.74) is 3.09. The second kappa shape index (κ2) is 9.14. The third-order valence-electron chi connectivity index (χ3n) is 5.22. The zero-order chi connectivity index (χ0) is 21.8. The van der Waals surface area contributed by atoms with Crippen LogP contribution in [-0.4, -0.2) is 16.7 Å². The molecular formula is C26H24FNO3. The summed E-state index contributed by atoms with van der Waals surface area (Å²) in [4.78, 5) is 4.57. The lowest BCUT2D eigenvalue weighted by molar-refractivity contribution is 0.271. The number of hydrogen-bond acceptors (Lipinski definition) is 4. The van der Waals surface area contributed by atoms with E-state index >= 15 is 0 Å². The first-order valence-electron chi connectivity index (χ1n) is 10.2. The summed E-state index contributed by atoms with van der Waals surface area (Å²) in [5.74, 6) is 1.39. The Labute approximate surface area is 180 Å². The lowest BCUT2D eigenvalue weighted by atomic mass is 10.0. The number of halogens is 1. The van der Waals surface area contributed by atoms with E-state index < -0.39 is 0 Å². The van der Waals surface area contributed by atoms with E-state index in [1.807, 2.05) is 55.5 Å². The highest BCUT2D eigenvalue weighted by Gasteiger charge is 2.17. The number of aliphatic hydroxyl groups excluding tert-OH is 1. The molecule has 158 valence electrons. The third-order valence-corrected chi connectivity index (χ3v) is 5.22. The topological polar surface area (TPSA) is 51.6 Å². The molecule has 4 nitrogen and oxygen atoms in total. The van der Waals surface area contributed by atoms with Gasteiger partial charge in [0.25, 0.3) is 0 Å². The van der Waals surface area contributed by atoms with Crippen LogP contribution in [0.4, 0.5) is 4.39 Å². The number of fused-ring (bicyclic) bond motifs is 1. The number of hydrogen-bond donors (Lipinski definition) is 1. The molecule has 0 saturated heterocycles. The standard InChI is InChI=1S/C26H24FNO3/c1-17-12-21(9-11-24(17)27)31-26-22-10-8-20(30-16-19-6-4-3-5-7-19)13-25(22)28-14-23(26)18(2)15-29/h3-14,18,29H,15-16H2,1-2H3/t18-/m1/s1. The van der Waals surface area contributed by atoms with Crippen molar-refractivity contribution >= 4 is 10.9 Å². The van der Waals surface area contributed by atoms with E-state index in [2.05, 4.69) is 4.98 Å². The van der Waals surface area contributed by atoms with Gasteiger partial charge in [-0.1, -0.05) is 37.3 Å². The van der Waals surface area contributed by atoms with Crippen molar-refractivity contribution in [1.82, 2.24) is 4.98 Å². The fourth-order valence-corrected chi connectivity index (χ4v) is 3.36. The lowest BCUT2D eigenvalue weighted by Crippen LogP contribution is -2.04. The molecule has 0 spiro atoms. The average molecular weight is 417 g/mol. The highest BCUT2D eigenvalue weighted by Crippen LogP contribution is 2.38. The molecule has 1 N–H and O–H groups in total. The first-order valence-corrected chi connectivity index (χ1v) is 10.2. The maximum atomic E-state index is 13.7. The van der Waals surface area contributed by atoms with E-state index in [1.54, 1.807) is 25.3 Å². The van der Waals surface area contributed by atoms with E-state index in [-0.39, 0.29) is 18.3 Å². The Kier molecular flexibility index (Phi) is 6.14. The Morgan fingerprint density at radius 3 is 2.52 bits per heavy atom. The van der Waals surface area contributed by atoms with Crippen LogP contribution in [0, 0.1) is 12.7 Å². The van der Waals surface area contributed by atoms with E-state index in [0.717, 1.165) is 16.5 Å². The van der Waals surface area contributed by atoms with Crippen LogP contribution in [0.25, 0.3) is 10.9 Å². The average Bonchev–Trinajstić information content (AvgIpc) is 2.80. The minimum absolute atomic E-state index is 0.0374. The van der Waals surface area contributed by atoms with Crippen molar-refractivity contribution in [2.24, 2.45) is 0 Å². The van der Waals surface area contributed by atoms with Crippen LogP contribution in [0.3, 0.4) is 0 Å². The van der Waals surface area contributed by atoms with E-state index in [0.29, 0.717) is 34.9 Å². The molecule has 1 atom stereocenters. The zero-order valence-corrected chi connectivity index (χ0v) is 17.5. The summed E-state index contributed by atoms with van der Waals surface area (Å²) in [6, 6.07) is 20.2. The maximum absolute atomic E-state index is 13.7. The van der Waals surface area contributed by atoms with Crippen LogP contribution in [-0.2, 0) is 6.61 Å². The Balaban J connectivity index is 1.69.